The van der Waals surface area contributed by atoms with Crippen LogP contribution in [0.15, 0.2) is 24.3 Å². The standard InChI is InChI=1S/C18H23N3O3/c1-13-3-2-4-15(11-13)20-7-9-21(10-8-20)16(22)12-19-18(24)17(23)14-5-6-14/h2-4,11,14H,5-10,12H2,1H3,(H,19,24). The number of nitrogens with zero attached hydrogens (tertiary/aromatic N) is 2. The van der Waals surface area contributed by atoms with E-state index in [1.807, 2.05) is 6.07 Å². The van der Waals surface area contributed by atoms with Crippen LogP contribution in [-0.2, 0) is 14.4 Å². The van der Waals surface area contributed by atoms with Crippen LogP contribution in [0.25, 0.3) is 0 Å². The molecule has 0 spiro atoms. The molecule has 0 radical (unpaired) electrons. The Hall–Kier alpha value is -2.37. The summed E-state index contributed by atoms with van der Waals surface area (Å²) in [6, 6.07) is 8.32. The van der Waals surface area contributed by atoms with Gasteiger partial charge >= 0.3 is 0 Å². The Morgan fingerprint density at radius 2 is 1.83 bits per heavy atom. The number of hydrogen-bond acceptors (Lipinski definition) is 4. The van der Waals surface area contributed by atoms with Gasteiger partial charge in [-0.15, -0.1) is 0 Å². The van der Waals surface area contributed by atoms with Gasteiger partial charge in [-0.05, 0) is 37.5 Å². The molecule has 6 heteroatoms. The van der Waals surface area contributed by atoms with Gasteiger partial charge in [0.05, 0.1) is 6.54 Å². The number of carbonyl (C=O) groups excluding carboxylic acids is 3. The molecule has 1 saturated heterocycles. The summed E-state index contributed by atoms with van der Waals surface area (Å²) in [5.41, 5.74) is 2.39. The minimum absolute atomic E-state index is 0.0955. The summed E-state index contributed by atoms with van der Waals surface area (Å²) >= 11 is 0. The molecule has 1 aromatic carbocycles. The van der Waals surface area contributed by atoms with Gasteiger partial charge < -0.3 is 15.1 Å². The number of anilines is 1. The highest BCUT2D eigenvalue weighted by Crippen LogP contribution is 2.29. The lowest BCUT2D eigenvalue weighted by atomic mass is 10.2. The molecule has 1 saturated carbocycles. The third kappa shape index (κ3) is 3.93. The fourth-order valence-corrected chi connectivity index (χ4v) is 2.92. The third-order valence-electron chi connectivity index (χ3n) is 4.57. The summed E-state index contributed by atoms with van der Waals surface area (Å²) in [6.07, 6.45) is 1.59. The van der Waals surface area contributed by atoms with Gasteiger partial charge in [-0.25, -0.2) is 0 Å². The number of hydrogen-bond donors (Lipinski definition) is 1. The van der Waals surface area contributed by atoms with Crippen molar-refractivity contribution in [2.45, 2.75) is 19.8 Å². The molecule has 128 valence electrons. The van der Waals surface area contributed by atoms with E-state index in [0.717, 1.165) is 25.9 Å². The molecule has 1 aliphatic carbocycles. The van der Waals surface area contributed by atoms with Crippen molar-refractivity contribution in [1.29, 1.82) is 0 Å². The van der Waals surface area contributed by atoms with Gasteiger partial charge in [0.25, 0.3) is 5.91 Å². The predicted molar refractivity (Wildman–Crippen MR) is 90.7 cm³/mol. The first-order valence-corrected chi connectivity index (χ1v) is 8.46. The van der Waals surface area contributed by atoms with Crippen molar-refractivity contribution < 1.29 is 14.4 Å². The maximum absolute atomic E-state index is 12.2. The second-order valence-electron chi connectivity index (χ2n) is 6.53. The molecule has 2 fully saturated rings. The summed E-state index contributed by atoms with van der Waals surface area (Å²) in [5, 5.41) is 2.46. The van der Waals surface area contributed by atoms with Crippen LogP contribution in [-0.4, -0.2) is 55.2 Å². The van der Waals surface area contributed by atoms with E-state index < -0.39 is 5.91 Å². The second-order valence-corrected chi connectivity index (χ2v) is 6.53. The van der Waals surface area contributed by atoms with Crippen LogP contribution in [0.3, 0.4) is 0 Å². The number of carbonyl (C=O) groups is 3. The van der Waals surface area contributed by atoms with E-state index in [1.165, 1.54) is 11.3 Å². The molecule has 1 aromatic rings. The van der Waals surface area contributed by atoms with E-state index in [4.69, 9.17) is 0 Å². The van der Waals surface area contributed by atoms with Crippen LogP contribution in [0.5, 0.6) is 0 Å². The molecule has 0 unspecified atom stereocenters. The van der Waals surface area contributed by atoms with E-state index in [-0.39, 0.29) is 24.2 Å². The fourth-order valence-electron chi connectivity index (χ4n) is 2.92. The van der Waals surface area contributed by atoms with Crippen molar-refractivity contribution in [1.82, 2.24) is 10.2 Å². The Balaban J connectivity index is 1.44. The van der Waals surface area contributed by atoms with Gasteiger partial charge in [0.1, 0.15) is 0 Å². The number of aryl methyl sites for hydroxylation is 1. The number of amides is 2. The van der Waals surface area contributed by atoms with Crippen molar-refractivity contribution >= 4 is 23.3 Å². The molecule has 24 heavy (non-hydrogen) atoms. The predicted octanol–water partition coefficient (Wildman–Crippen LogP) is 0.739. The number of rotatable bonds is 5. The highest BCUT2D eigenvalue weighted by molar-refractivity contribution is 6.37. The molecule has 0 atom stereocenters. The van der Waals surface area contributed by atoms with E-state index in [9.17, 15) is 14.4 Å². The maximum atomic E-state index is 12.2. The molecular weight excluding hydrogens is 306 g/mol. The van der Waals surface area contributed by atoms with Crippen LogP contribution in [0.4, 0.5) is 5.69 Å². The SMILES string of the molecule is Cc1cccc(N2CCN(C(=O)CNC(=O)C(=O)C3CC3)CC2)c1. The average Bonchev–Trinajstić information content (AvgIpc) is 3.44. The normalized spacial score (nSPS) is 17.5. The Bertz CT molecular complexity index is 647. The Morgan fingerprint density at radius 3 is 2.46 bits per heavy atom. The average molecular weight is 329 g/mol. The van der Waals surface area contributed by atoms with Gasteiger partial charge in [0.15, 0.2) is 0 Å². The number of Topliss-reactive ketones (excluding diaryl/α,β-unsaturated/α-hetero) is 1. The quantitative estimate of drug-likeness (QED) is 0.809. The molecule has 2 aliphatic rings. The van der Waals surface area contributed by atoms with E-state index in [0.29, 0.717) is 13.1 Å². The smallest absolute Gasteiger partial charge is 0.288 e. The van der Waals surface area contributed by atoms with Crippen LogP contribution in [0.1, 0.15) is 18.4 Å². The van der Waals surface area contributed by atoms with E-state index in [1.54, 1.807) is 4.90 Å². The molecule has 1 N–H and O–H groups in total. The third-order valence-corrected chi connectivity index (χ3v) is 4.57. The minimum atomic E-state index is -0.621. The Morgan fingerprint density at radius 1 is 1.12 bits per heavy atom. The van der Waals surface area contributed by atoms with Crippen molar-refractivity contribution in [3.8, 4) is 0 Å². The van der Waals surface area contributed by atoms with Crippen LogP contribution >= 0.6 is 0 Å². The molecular formula is C18H23N3O3. The zero-order chi connectivity index (χ0) is 17.1. The lowest BCUT2D eigenvalue weighted by molar-refractivity contribution is -0.140. The first kappa shape index (κ1) is 16.5. The second kappa shape index (κ2) is 7.03. The molecule has 0 aromatic heterocycles. The highest BCUT2D eigenvalue weighted by Gasteiger charge is 2.34. The molecule has 1 heterocycles. The zero-order valence-electron chi connectivity index (χ0n) is 14.0. The number of nitrogens with one attached hydrogen (secondary N) is 1. The number of benzene rings is 1. The summed E-state index contributed by atoms with van der Waals surface area (Å²) in [6.45, 7) is 4.75. The van der Waals surface area contributed by atoms with E-state index >= 15 is 0 Å². The summed E-state index contributed by atoms with van der Waals surface area (Å²) in [4.78, 5) is 39.4. The van der Waals surface area contributed by atoms with Gasteiger partial charge in [-0.2, -0.15) is 0 Å². The lowest BCUT2D eigenvalue weighted by Gasteiger charge is -2.36. The molecule has 0 bridgehead atoms. The summed E-state index contributed by atoms with van der Waals surface area (Å²) < 4.78 is 0. The van der Waals surface area contributed by atoms with Crippen molar-refractivity contribution in [2.75, 3.05) is 37.6 Å². The largest absolute Gasteiger partial charge is 0.368 e. The number of ketones is 1. The first-order valence-electron chi connectivity index (χ1n) is 8.46. The molecule has 1 aliphatic heterocycles. The summed E-state index contributed by atoms with van der Waals surface area (Å²) in [7, 11) is 0. The Kier molecular flexibility index (Phi) is 4.83. The van der Waals surface area contributed by atoms with E-state index in [2.05, 4.69) is 35.3 Å². The topological polar surface area (TPSA) is 69.7 Å². The lowest BCUT2D eigenvalue weighted by Crippen LogP contribution is -2.51. The van der Waals surface area contributed by atoms with Crippen molar-refractivity contribution in [3.63, 3.8) is 0 Å². The van der Waals surface area contributed by atoms with Gasteiger partial charge in [-0.1, -0.05) is 12.1 Å². The first-order chi connectivity index (χ1) is 11.5. The number of piperazine rings is 1. The van der Waals surface area contributed by atoms with Crippen LogP contribution < -0.4 is 10.2 Å². The molecule has 3 rings (SSSR count). The molecule has 6 nitrogen and oxygen atoms in total. The maximum Gasteiger partial charge on any atom is 0.288 e. The fraction of sp³-hybridized carbons (Fsp3) is 0.500. The van der Waals surface area contributed by atoms with Gasteiger partial charge in [0, 0.05) is 37.8 Å². The van der Waals surface area contributed by atoms with Crippen LogP contribution in [0, 0.1) is 12.8 Å². The van der Waals surface area contributed by atoms with Crippen LogP contribution in [0.2, 0.25) is 0 Å². The van der Waals surface area contributed by atoms with Gasteiger partial charge in [-0.3, -0.25) is 14.4 Å². The monoisotopic (exact) mass is 329 g/mol. The molecule has 2 amide bonds. The zero-order valence-corrected chi connectivity index (χ0v) is 14.0. The van der Waals surface area contributed by atoms with Crippen molar-refractivity contribution in [3.05, 3.63) is 29.8 Å². The Labute approximate surface area is 141 Å². The summed E-state index contributed by atoms with van der Waals surface area (Å²) in [5.74, 6) is -1.25. The van der Waals surface area contributed by atoms with Gasteiger partial charge in [0.2, 0.25) is 11.7 Å². The minimum Gasteiger partial charge on any atom is -0.368 e. The highest BCUT2D eigenvalue weighted by atomic mass is 16.2. The van der Waals surface area contributed by atoms with Crippen molar-refractivity contribution in [2.24, 2.45) is 5.92 Å².